The highest BCUT2D eigenvalue weighted by Crippen LogP contribution is 2.26. The highest BCUT2D eigenvalue weighted by molar-refractivity contribution is 6.30. The number of aryl methyl sites for hydroxylation is 2. The third-order valence-electron chi connectivity index (χ3n) is 6.23. The van der Waals surface area contributed by atoms with Crippen molar-refractivity contribution in [3.63, 3.8) is 0 Å². The molecule has 2 aromatic carbocycles. The van der Waals surface area contributed by atoms with Gasteiger partial charge >= 0.3 is 0 Å². The molecule has 3 aromatic rings. The smallest absolute Gasteiger partial charge is 0.269 e. The van der Waals surface area contributed by atoms with Gasteiger partial charge in [-0.3, -0.25) is 14.9 Å². The van der Waals surface area contributed by atoms with Crippen molar-refractivity contribution in [2.45, 2.75) is 26.7 Å². The van der Waals surface area contributed by atoms with Gasteiger partial charge in [-0.15, -0.1) is 0 Å². The first-order valence-electron chi connectivity index (χ1n) is 11.8. The van der Waals surface area contributed by atoms with Gasteiger partial charge in [-0.05, 0) is 61.7 Å². The van der Waals surface area contributed by atoms with Gasteiger partial charge in [0.15, 0.2) is 0 Å². The Bertz CT molecular complexity index is 1280. The molecule has 0 unspecified atom stereocenters. The molecule has 1 amide bonds. The number of halogens is 1. The van der Waals surface area contributed by atoms with E-state index in [9.17, 15) is 14.9 Å². The second-order valence-electron chi connectivity index (χ2n) is 8.81. The zero-order valence-corrected chi connectivity index (χ0v) is 21.1. The minimum atomic E-state index is -0.441. The summed E-state index contributed by atoms with van der Waals surface area (Å²) in [5.74, 6) is 1.57. The normalized spacial score (nSPS) is 14.2. The van der Waals surface area contributed by atoms with Crippen molar-refractivity contribution < 1.29 is 9.72 Å². The molecule has 1 fully saturated rings. The number of carbonyl (C=O) groups is 1. The van der Waals surface area contributed by atoms with E-state index in [1.54, 1.807) is 18.2 Å². The number of benzene rings is 2. The van der Waals surface area contributed by atoms with Crippen LogP contribution >= 0.6 is 11.6 Å². The number of rotatable bonds is 6. The van der Waals surface area contributed by atoms with Gasteiger partial charge in [-0.2, -0.15) is 0 Å². The number of nitrogens with zero attached hydrogens (tertiary/aromatic N) is 5. The quantitative estimate of drug-likeness (QED) is 0.266. The average molecular weight is 506 g/mol. The lowest BCUT2D eigenvalue weighted by molar-refractivity contribution is -0.384. The van der Waals surface area contributed by atoms with Crippen molar-refractivity contribution in [2.24, 2.45) is 0 Å². The Kier molecular flexibility index (Phi) is 7.95. The minimum absolute atomic E-state index is 0.0247. The fourth-order valence-electron chi connectivity index (χ4n) is 4.32. The zero-order chi connectivity index (χ0) is 25.7. The van der Waals surface area contributed by atoms with Crippen molar-refractivity contribution in [3.8, 4) is 0 Å². The Balaban J connectivity index is 1.46. The molecule has 1 aliphatic heterocycles. The second-order valence-corrected chi connectivity index (χ2v) is 9.25. The summed E-state index contributed by atoms with van der Waals surface area (Å²) in [5, 5.41) is 11.5. The molecular weight excluding hydrogens is 478 g/mol. The average Bonchev–Trinajstić information content (AvgIpc) is 3.12. The summed E-state index contributed by atoms with van der Waals surface area (Å²) < 4.78 is 0. The number of hydrogen-bond donors (Lipinski definition) is 0. The standard InChI is InChI=1S/C27H28ClN5O3/c1-19-25(18-22-4-9-23(28)10-5-22)27(30-20(2)29-19)32-15-3-14-31(16-17-32)26(34)13-8-21-6-11-24(12-7-21)33(35)36/h4-13H,3,14-18H2,1-2H3. The van der Waals surface area contributed by atoms with Crippen LogP contribution in [0.3, 0.4) is 0 Å². The van der Waals surface area contributed by atoms with Gasteiger partial charge < -0.3 is 9.80 Å². The van der Waals surface area contributed by atoms with Crippen LogP contribution in [-0.2, 0) is 11.2 Å². The molecule has 0 saturated carbocycles. The summed E-state index contributed by atoms with van der Waals surface area (Å²) in [6.45, 7) is 6.60. The van der Waals surface area contributed by atoms with Crippen molar-refractivity contribution >= 4 is 35.1 Å². The zero-order valence-electron chi connectivity index (χ0n) is 20.4. The van der Waals surface area contributed by atoms with Crippen LogP contribution in [0.5, 0.6) is 0 Å². The summed E-state index contributed by atoms with van der Waals surface area (Å²) in [4.78, 5) is 36.7. The molecule has 186 valence electrons. The molecule has 8 nitrogen and oxygen atoms in total. The first-order valence-corrected chi connectivity index (χ1v) is 12.2. The van der Waals surface area contributed by atoms with E-state index in [1.165, 1.54) is 18.2 Å². The molecule has 0 bridgehead atoms. The molecule has 1 aliphatic rings. The highest BCUT2D eigenvalue weighted by Gasteiger charge is 2.22. The third kappa shape index (κ3) is 6.26. The molecule has 1 saturated heterocycles. The molecule has 0 radical (unpaired) electrons. The lowest BCUT2D eigenvalue weighted by Crippen LogP contribution is -2.35. The predicted molar refractivity (Wildman–Crippen MR) is 141 cm³/mol. The van der Waals surface area contributed by atoms with E-state index >= 15 is 0 Å². The SMILES string of the molecule is Cc1nc(C)c(Cc2ccc(Cl)cc2)c(N2CCCN(C(=O)C=Cc3ccc([N+](=O)[O-])cc3)CC2)n1. The molecule has 2 heterocycles. The van der Waals surface area contributed by atoms with E-state index in [1.807, 2.05) is 43.0 Å². The molecule has 0 aliphatic carbocycles. The topological polar surface area (TPSA) is 92.5 Å². The highest BCUT2D eigenvalue weighted by atomic mass is 35.5. The van der Waals surface area contributed by atoms with Gasteiger partial charge in [-0.1, -0.05) is 23.7 Å². The van der Waals surface area contributed by atoms with E-state index in [2.05, 4.69) is 9.88 Å². The van der Waals surface area contributed by atoms with Gasteiger partial charge in [-0.25, -0.2) is 9.97 Å². The Hall–Kier alpha value is -3.78. The monoisotopic (exact) mass is 505 g/mol. The van der Waals surface area contributed by atoms with Gasteiger partial charge in [0, 0.05) is 67.1 Å². The Labute approximate surface area is 215 Å². The van der Waals surface area contributed by atoms with Gasteiger partial charge in [0.25, 0.3) is 5.69 Å². The van der Waals surface area contributed by atoms with Crippen LogP contribution in [0, 0.1) is 24.0 Å². The summed E-state index contributed by atoms with van der Waals surface area (Å²) in [6, 6.07) is 13.9. The van der Waals surface area contributed by atoms with E-state index < -0.39 is 4.92 Å². The number of anilines is 1. The van der Waals surface area contributed by atoms with Gasteiger partial charge in [0.2, 0.25) is 5.91 Å². The van der Waals surface area contributed by atoms with Gasteiger partial charge in [0.05, 0.1) is 4.92 Å². The first-order chi connectivity index (χ1) is 17.3. The molecule has 0 N–H and O–H groups in total. The molecule has 1 aromatic heterocycles. The maximum absolute atomic E-state index is 12.9. The van der Waals surface area contributed by atoms with E-state index in [-0.39, 0.29) is 11.6 Å². The van der Waals surface area contributed by atoms with Crippen LogP contribution in [0.2, 0.25) is 5.02 Å². The Morgan fingerprint density at radius 3 is 2.44 bits per heavy atom. The van der Waals surface area contributed by atoms with E-state index in [4.69, 9.17) is 16.6 Å². The number of amides is 1. The second kappa shape index (κ2) is 11.3. The maximum atomic E-state index is 12.9. The van der Waals surface area contributed by atoms with Crippen molar-refractivity contribution in [2.75, 3.05) is 31.1 Å². The van der Waals surface area contributed by atoms with Crippen LogP contribution in [0.1, 0.15) is 34.6 Å². The van der Waals surface area contributed by atoms with E-state index in [0.717, 1.165) is 47.0 Å². The van der Waals surface area contributed by atoms with Crippen molar-refractivity contribution in [1.82, 2.24) is 14.9 Å². The fourth-order valence-corrected chi connectivity index (χ4v) is 4.45. The van der Waals surface area contributed by atoms with Gasteiger partial charge in [0.1, 0.15) is 11.6 Å². The molecular formula is C27H28ClN5O3. The molecule has 9 heteroatoms. The summed E-state index contributed by atoms with van der Waals surface area (Å²) in [5.41, 5.74) is 3.94. The lowest BCUT2D eigenvalue weighted by Gasteiger charge is -2.26. The maximum Gasteiger partial charge on any atom is 0.269 e. The fraction of sp³-hybridized carbons (Fsp3) is 0.296. The predicted octanol–water partition coefficient (Wildman–Crippen LogP) is 5.00. The number of hydrogen-bond acceptors (Lipinski definition) is 6. The molecule has 0 atom stereocenters. The van der Waals surface area contributed by atoms with Crippen LogP contribution in [0.25, 0.3) is 6.08 Å². The number of nitro benzene ring substituents is 1. The number of aromatic nitrogens is 2. The molecule has 4 rings (SSSR count). The number of non-ortho nitro benzene ring substituents is 1. The van der Waals surface area contributed by atoms with Crippen molar-refractivity contribution in [1.29, 1.82) is 0 Å². The number of nitro groups is 1. The largest absolute Gasteiger partial charge is 0.354 e. The Morgan fingerprint density at radius 2 is 1.75 bits per heavy atom. The summed E-state index contributed by atoms with van der Waals surface area (Å²) in [7, 11) is 0. The van der Waals surface area contributed by atoms with Crippen LogP contribution in [-0.4, -0.2) is 51.9 Å². The van der Waals surface area contributed by atoms with Crippen LogP contribution < -0.4 is 4.90 Å². The van der Waals surface area contributed by atoms with Crippen LogP contribution in [0.15, 0.2) is 54.6 Å². The minimum Gasteiger partial charge on any atom is -0.354 e. The first kappa shape index (κ1) is 25.3. The third-order valence-corrected chi connectivity index (χ3v) is 6.48. The van der Waals surface area contributed by atoms with Crippen LogP contribution in [0.4, 0.5) is 11.5 Å². The Morgan fingerprint density at radius 1 is 1.03 bits per heavy atom. The number of carbonyl (C=O) groups excluding carboxylic acids is 1. The summed E-state index contributed by atoms with van der Waals surface area (Å²) >= 11 is 6.06. The van der Waals surface area contributed by atoms with E-state index in [0.29, 0.717) is 31.1 Å². The van der Waals surface area contributed by atoms with Crippen molar-refractivity contribution in [3.05, 3.63) is 98.0 Å². The lowest BCUT2D eigenvalue weighted by atomic mass is 10.0. The molecule has 0 spiro atoms. The summed E-state index contributed by atoms with van der Waals surface area (Å²) in [6.07, 6.45) is 4.74. The molecule has 36 heavy (non-hydrogen) atoms.